The predicted molar refractivity (Wildman–Crippen MR) is 105 cm³/mol. The van der Waals surface area contributed by atoms with E-state index < -0.39 is 22.0 Å². The average Bonchev–Trinajstić information content (AvgIpc) is 2.65. The zero-order valence-electron chi connectivity index (χ0n) is 15.5. The van der Waals surface area contributed by atoms with Gasteiger partial charge in [0.2, 0.25) is 21.8 Å². The Labute approximate surface area is 159 Å². The molecule has 0 aliphatic rings. The van der Waals surface area contributed by atoms with E-state index in [4.69, 9.17) is 0 Å². The van der Waals surface area contributed by atoms with Crippen molar-refractivity contribution in [3.05, 3.63) is 42.5 Å². The minimum absolute atomic E-state index is 0.0513. The lowest BCUT2D eigenvalue weighted by molar-refractivity contribution is -0.128. The average molecular weight is 391 g/mol. The molecule has 0 bridgehead atoms. The molecule has 3 N–H and O–H groups in total. The highest BCUT2D eigenvalue weighted by molar-refractivity contribution is 7.89. The lowest BCUT2D eigenvalue weighted by Crippen LogP contribution is -2.45. The van der Waals surface area contributed by atoms with Crippen molar-refractivity contribution < 1.29 is 18.0 Å². The summed E-state index contributed by atoms with van der Waals surface area (Å²) < 4.78 is 27.2. The van der Waals surface area contributed by atoms with Crippen molar-refractivity contribution in [2.24, 2.45) is 0 Å². The summed E-state index contributed by atoms with van der Waals surface area (Å²) in [5.74, 6) is -0.655. The first-order valence-corrected chi connectivity index (χ1v) is 10.4. The SMILES string of the molecule is CCCNC(=O)[C@@H](C)NC(=O)CCNS(=O)(=O)c1ccc2ccccc2c1. The van der Waals surface area contributed by atoms with E-state index in [1.165, 1.54) is 6.07 Å². The third-order valence-corrected chi connectivity index (χ3v) is 5.45. The number of hydrogen-bond donors (Lipinski definition) is 3. The minimum Gasteiger partial charge on any atom is -0.354 e. The normalized spacial score (nSPS) is 12.5. The lowest BCUT2D eigenvalue weighted by atomic mass is 10.1. The smallest absolute Gasteiger partial charge is 0.242 e. The van der Waals surface area contributed by atoms with E-state index in [9.17, 15) is 18.0 Å². The first-order chi connectivity index (χ1) is 12.8. The highest BCUT2D eigenvalue weighted by atomic mass is 32.2. The fourth-order valence-corrected chi connectivity index (χ4v) is 3.56. The van der Waals surface area contributed by atoms with E-state index in [2.05, 4.69) is 15.4 Å². The van der Waals surface area contributed by atoms with Crippen LogP contribution in [0.25, 0.3) is 10.8 Å². The summed E-state index contributed by atoms with van der Waals surface area (Å²) in [6.07, 6.45) is 0.751. The van der Waals surface area contributed by atoms with Crippen molar-refractivity contribution in [3.8, 4) is 0 Å². The summed E-state index contributed by atoms with van der Waals surface area (Å²) in [4.78, 5) is 23.8. The van der Waals surface area contributed by atoms with Crippen LogP contribution in [0, 0.1) is 0 Å². The number of nitrogens with one attached hydrogen (secondary N) is 3. The molecule has 2 aromatic carbocycles. The number of carbonyl (C=O) groups is 2. The third-order valence-electron chi connectivity index (χ3n) is 4.00. The van der Waals surface area contributed by atoms with Crippen LogP contribution in [0.15, 0.2) is 47.4 Å². The molecule has 0 aliphatic heterocycles. The van der Waals surface area contributed by atoms with Crippen LogP contribution < -0.4 is 15.4 Å². The van der Waals surface area contributed by atoms with Gasteiger partial charge in [0, 0.05) is 19.5 Å². The minimum atomic E-state index is -3.71. The van der Waals surface area contributed by atoms with Gasteiger partial charge < -0.3 is 10.6 Å². The van der Waals surface area contributed by atoms with Crippen LogP contribution in [0.2, 0.25) is 0 Å². The number of fused-ring (bicyclic) bond motifs is 1. The molecule has 0 heterocycles. The fourth-order valence-electron chi connectivity index (χ4n) is 2.50. The number of hydrogen-bond acceptors (Lipinski definition) is 4. The number of rotatable bonds is 9. The molecule has 2 amide bonds. The maximum Gasteiger partial charge on any atom is 0.242 e. The quantitative estimate of drug-likeness (QED) is 0.603. The van der Waals surface area contributed by atoms with Crippen LogP contribution in [0.3, 0.4) is 0 Å². The Morgan fingerprint density at radius 1 is 1.04 bits per heavy atom. The topological polar surface area (TPSA) is 104 Å². The molecule has 0 saturated carbocycles. The molecule has 0 spiro atoms. The second kappa shape index (κ2) is 9.48. The van der Waals surface area contributed by atoms with E-state index in [-0.39, 0.29) is 23.8 Å². The molecule has 7 nitrogen and oxygen atoms in total. The molecule has 0 saturated heterocycles. The van der Waals surface area contributed by atoms with Crippen molar-refractivity contribution in [2.45, 2.75) is 37.6 Å². The predicted octanol–water partition coefficient (Wildman–Crippen LogP) is 1.54. The molecule has 0 aliphatic carbocycles. The van der Waals surface area contributed by atoms with Gasteiger partial charge in [-0.2, -0.15) is 0 Å². The largest absolute Gasteiger partial charge is 0.354 e. The van der Waals surface area contributed by atoms with Gasteiger partial charge in [0.05, 0.1) is 4.90 Å². The zero-order chi connectivity index (χ0) is 19.9. The molecule has 0 radical (unpaired) electrons. The van der Waals surface area contributed by atoms with Crippen LogP contribution in [0.4, 0.5) is 0 Å². The Kier molecular flexibility index (Phi) is 7.32. The molecule has 0 fully saturated rings. The van der Waals surface area contributed by atoms with E-state index >= 15 is 0 Å². The van der Waals surface area contributed by atoms with Gasteiger partial charge in [-0.3, -0.25) is 9.59 Å². The van der Waals surface area contributed by atoms with Gasteiger partial charge >= 0.3 is 0 Å². The summed E-state index contributed by atoms with van der Waals surface area (Å²) in [5.41, 5.74) is 0. The maximum atomic E-state index is 12.4. The second-order valence-electron chi connectivity index (χ2n) is 6.24. The Bertz CT molecular complexity index is 912. The van der Waals surface area contributed by atoms with Gasteiger partial charge in [-0.15, -0.1) is 0 Å². The van der Waals surface area contributed by atoms with Crippen molar-refractivity contribution in [3.63, 3.8) is 0 Å². The van der Waals surface area contributed by atoms with Crippen molar-refractivity contribution in [1.29, 1.82) is 0 Å². The molecular formula is C19H25N3O4S. The third kappa shape index (κ3) is 6.04. The number of carbonyl (C=O) groups excluding carboxylic acids is 2. The summed E-state index contributed by atoms with van der Waals surface area (Å²) in [7, 11) is -3.71. The van der Waals surface area contributed by atoms with Crippen molar-refractivity contribution in [1.82, 2.24) is 15.4 Å². The zero-order valence-corrected chi connectivity index (χ0v) is 16.3. The molecular weight excluding hydrogens is 366 g/mol. The van der Waals surface area contributed by atoms with Gasteiger partial charge in [-0.25, -0.2) is 13.1 Å². The van der Waals surface area contributed by atoms with Gasteiger partial charge in [0.15, 0.2) is 0 Å². The summed E-state index contributed by atoms with van der Waals surface area (Å²) in [5, 5.41) is 7.02. The molecule has 8 heteroatoms. The van der Waals surface area contributed by atoms with Crippen LogP contribution in [-0.2, 0) is 19.6 Å². The molecule has 0 unspecified atom stereocenters. The van der Waals surface area contributed by atoms with Crippen LogP contribution in [0.5, 0.6) is 0 Å². The number of benzene rings is 2. The van der Waals surface area contributed by atoms with E-state index in [0.29, 0.717) is 6.54 Å². The molecule has 0 aromatic heterocycles. The van der Waals surface area contributed by atoms with Gasteiger partial charge in [-0.1, -0.05) is 37.3 Å². The Balaban J connectivity index is 1.87. The fraction of sp³-hybridized carbons (Fsp3) is 0.368. The molecule has 2 rings (SSSR count). The Morgan fingerprint density at radius 3 is 2.44 bits per heavy atom. The summed E-state index contributed by atoms with van der Waals surface area (Å²) in [6.45, 7) is 4.02. The Morgan fingerprint density at radius 2 is 1.74 bits per heavy atom. The number of sulfonamides is 1. The molecule has 1 atom stereocenters. The van der Waals surface area contributed by atoms with Gasteiger partial charge in [0.25, 0.3) is 0 Å². The van der Waals surface area contributed by atoms with E-state index in [1.54, 1.807) is 19.1 Å². The van der Waals surface area contributed by atoms with Gasteiger partial charge in [-0.05, 0) is 36.2 Å². The summed E-state index contributed by atoms with van der Waals surface area (Å²) in [6, 6.07) is 11.7. The number of amides is 2. The Hall–Kier alpha value is -2.45. The van der Waals surface area contributed by atoms with E-state index in [0.717, 1.165) is 17.2 Å². The first-order valence-electron chi connectivity index (χ1n) is 8.89. The van der Waals surface area contributed by atoms with Crippen molar-refractivity contribution >= 4 is 32.6 Å². The van der Waals surface area contributed by atoms with Gasteiger partial charge in [0.1, 0.15) is 6.04 Å². The standard InChI is InChI=1S/C19H25N3O4S/c1-3-11-20-19(24)14(2)22-18(23)10-12-21-27(25,26)17-9-8-15-6-4-5-7-16(15)13-17/h4-9,13-14,21H,3,10-12H2,1-2H3,(H,20,24)(H,22,23)/t14-/m1/s1. The molecule has 27 heavy (non-hydrogen) atoms. The van der Waals surface area contributed by atoms with Crippen LogP contribution in [0.1, 0.15) is 26.7 Å². The van der Waals surface area contributed by atoms with Crippen molar-refractivity contribution in [2.75, 3.05) is 13.1 Å². The highest BCUT2D eigenvalue weighted by Gasteiger charge is 2.17. The van der Waals surface area contributed by atoms with Crippen LogP contribution >= 0.6 is 0 Å². The van der Waals surface area contributed by atoms with Crippen LogP contribution in [-0.4, -0.2) is 39.4 Å². The highest BCUT2D eigenvalue weighted by Crippen LogP contribution is 2.18. The van der Waals surface area contributed by atoms with E-state index in [1.807, 2.05) is 31.2 Å². The molecule has 146 valence electrons. The monoisotopic (exact) mass is 391 g/mol. The maximum absolute atomic E-state index is 12.4. The summed E-state index contributed by atoms with van der Waals surface area (Å²) >= 11 is 0. The first kappa shape index (κ1) is 20.9. The molecule has 2 aromatic rings. The second-order valence-corrected chi connectivity index (χ2v) is 8.00. The lowest BCUT2D eigenvalue weighted by Gasteiger charge is -2.14.